The van der Waals surface area contributed by atoms with Gasteiger partial charge in [0.1, 0.15) is 22.9 Å². The maximum absolute atomic E-state index is 15.0. The largest absolute Gasteiger partial charge is 0.390 e. The van der Waals surface area contributed by atoms with Crippen molar-refractivity contribution < 1.29 is 22.0 Å². The summed E-state index contributed by atoms with van der Waals surface area (Å²) in [5.41, 5.74) is 1.26. The molecule has 1 aliphatic heterocycles. The third-order valence-electron chi connectivity index (χ3n) is 7.59. The molecule has 4 aromatic rings. The minimum atomic E-state index is -4.34. The number of nitrogens with one attached hydrogen (secondary N) is 1. The van der Waals surface area contributed by atoms with E-state index in [0.717, 1.165) is 12.7 Å². The van der Waals surface area contributed by atoms with Crippen LogP contribution in [0.25, 0.3) is 22.3 Å². The maximum Gasteiger partial charge on any atom is 0.390 e. The summed E-state index contributed by atoms with van der Waals surface area (Å²) in [6.07, 6.45) is -2.93. The summed E-state index contributed by atoms with van der Waals surface area (Å²) in [6.45, 7) is 11.0. The number of halogens is 5. The van der Waals surface area contributed by atoms with Crippen LogP contribution in [0.1, 0.15) is 50.7 Å². The number of likely N-dealkylation sites (N-methyl/N-ethyl adjacent to an activating group) is 1. The molecule has 8 nitrogen and oxygen atoms in total. The van der Waals surface area contributed by atoms with Crippen LogP contribution in [0.4, 0.5) is 33.7 Å². The lowest BCUT2D eigenvalue weighted by molar-refractivity contribution is -0.149. The van der Waals surface area contributed by atoms with E-state index in [1.807, 2.05) is 30.2 Å². The van der Waals surface area contributed by atoms with Gasteiger partial charge < -0.3 is 14.8 Å². The van der Waals surface area contributed by atoms with Crippen LogP contribution in [-0.4, -0.2) is 73.2 Å². The highest BCUT2D eigenvalue weighted by Gasteiger charge is 2.36. The molecule has 5 rings (SSSR count). The van der Waals surface area contributed by atoms with Crippen molar-refractivity contribution in [2.24, 2.45) is 0 Å². The number of aromatic nitrogens is 5. The number of imidazole rings is 1. The molecule has 0 radical (unpaired) electrons. The van der Waals surface area contributed by atoms with E-state index in [-0.39, 0.29) is 34.6 Å². The SMILES string of the molecule is CCN1CCN([C@H](CC(F)(F)F)c2ccc(Nc3ncc(F)c(-c4cc(F)c5nc(C)n(C(C)C)c5c4)n3)nc2)CC1. The van der Waals surface area contributed by atoms with Crippen LogP contribution in [0.15, 0.2) is 36.7 Å². The Labute approximate surface area is 240 Å². The van der Waals surface area contributed by atoms with Gasteiger partial charge in [-0.25, -0.2) is 28.7 Å². The van der Waals surface area contributed by atoms with E-state index in [4.69, 9.17) is 0 Å². The number of alkyl halides is 3. The molecule has 0 spiro atoms. The lowest BCUT2D eigenvalue weighted by atomic mass is 10.0. The molecule has 1 aromatic carbocycles. The first kappa shape index (κ1) is 29.8. The number of hydrogen-bond acceptors (Lipinski definition) is 7. The first-order chi connectivity index (χ1) is 19.9. The van der Waals surface area contributed by atoms with E-state index in [9.17, 15) is 17.6 Å². The third-order valence-corrected chi connectivity index (χ3v) is 7.59. The Morgan fingerprint density at radius 3 is 2.31 bits per heavy atom. The number of hydrogen-bond donors (Lipinski definition) is 1. The van der Waals surface area contributed by atoms with E-state index < -0.39 is 30.3 Å². The molecule has 1 saturated heterocycles. The number of fused-ring (bicyclic) bond motifs is 1. The second-order valence-corrected chi connectivity index (χ2v) is 10.7. The molecular formula is C29H33F5N8. The Morgan fingerprint density at radius 2 is 1.69 bits per heavy atom. The first-order valence-corrected chi connectivity index (χ1v) is 13.9. The molecule has 1 fully saturated rings. The van der Waals surface area contributed by atoms with Crippen molar-refractivity contribution >= 4 is 22.8 Å². The lowest BCUT2D eigenvalue weighted by Gasteiger charge is -2.39. The molecule has 0 amide bonds. The Hall–Kier alpha value is -3.71. The van der Waals surface area contributed by atoms with Gasteiger partial charge in [-0.15, -0.1) is 0 Å². The van der Waals surface area contributed by atoms with E-state index in [2.05, 4.69) is 30.2 Å². The number of benzene rings is 1. The molecular weight excluding hydrogens is 555 g/mol. The van der Waals surface area contributed by atoms with Crippen LogP contribution in [0, 0.1) is 18.6 Å². The second kappa shape index (κ2) is 11.9. The summed E-state index contributed by atoms with van der Waals surface area (Å²) in [4.78, 5) is 20.9. The van der Waals surface area contributed by atoms with Gasteiger partial charge in [-0.05, 0) is 51.1 Å². The summed E-state index contributed by atoms with van der Waals surface area (Å²) in [5.74, 6) is -0.430. The van der Waals surface area contributed by atoms with Crippen molar-refractivity contribution in [3.8, 4) is 11.3 Å². The molecule has 224 valence electrons. The highest BCUT2D eigenvalue weighted by molar-refractivity contribution is 5.83. The number of anilines is 2. The van der Waals surface area contributed by atoms with Gasteiger partial charge in [-0.3, -0.25) is 4.90 Å². The van der Waals surface area contributed by atoms with Crippen LogP contribution in [-0.2, 0) is 0 Å². The van der Waals surface area contributed by atoms with Gasteiger partial charge in [-0.2, -0.15) is 13.2 Å². The molecule has 1 N–H and O–H groups in total. The van der Waals surface area contributed by atoms with Gasteiger partial charge in [0.05, 0.1) is 18.1 Å². The van der Waals surface area contributed by atoms with Crippen molar-refractivity contribution in [3.63, 3.8) is 0 Å². The van der Waals surface area contributed by atoms with Crippen molar-refractivity contribution in [2.45, 2.75) is 52.4 Å². The van der Waals surface area contributed by atoms with Gasteiger partial charge in [0.25, 0.3) is 0 Å². The average Bonchev–Trinajstić information content (AvgIpc) is 3.29. The summed E-state index contributed by atoms with van der Waals surface area (Å²) >= 11 is 0. The van der Waals surface area contributed by atoms with Crippen molar-refractivity contribution in [2.75, 3.05) is 38.0 Å². The fraction of sp³-hybridized carbons (Fsp3) is 0.448. The van der Waals surface area contributed by atoms with Gasteiger partial charge in [0.2, 0.25) is 5.95 Å². The molecule has 42 heavy (non-hydrogen) atoms. The summed E-state index contributed by atoms with van der Waals surface area (Å²) < 4.78 is 72.2. The standard InChI is InChI=1S/C29H33F5N8/c1-5-40-8-10-41(11-9-40)24(14-29(32,33)34)19-6-7-25(35-15-19)38-28-36-16-22(31)26(39-28)20-12-21(30)27-23(13-20)42(17(2)3)18(4)37-27/h6-7,12-13,15-17,24H,5,8-11,14H2,1-4H3,(H,35,36,38,39)/t24-/m1/s1. The smallest absolute Gasteiger partial charge is 0.326 e. The number of piperazine rings is 1. The van der Waals surface area contributed by atoms with Crippen molar-refractivity contribution in [3.05, 3.63) is 59.7 Å². The fourth-order valence-electron chi connectivity index (χ4n) is 5.55. The lowest BCUT2D eigenvalue weighted by Crippen LogP contribution is -2.48. The van der Waals surface area contributed by atoms with Crippen LogP contribution in [0.5, 0.6) is 0 Å². The van der Waals surface area contributed by atoms with Gasteiger partial charge in [0, 0.05) is 50.0 Å². The maximum atomic E-state index is 15.0. The summed E-state index contributed by atoms with van der Waals surface area (Å²) in [7, 11) is 0. The van der Waals surface area contributed by atoms with E-state index in [0.29, 0.717) is 43.1 Å². The first-order valence-electron chi connectivity index (χ1n) is 13.9. The van der Waals surface area contributed by atoms with Crippen molar-refractivity contribution in [1.29, 1.82) is 0 Å². The molecule has 0 aliphatic carbocycles. The highest BCUT2D eigenvalue weighted by Crippen LogP contribution is 2.35. The van der Waals surface area contributed by atoms with E-state index >= 15 is 4.39 Å². The Balaban J connectivity index is 1.39. The minimum Gasteiger partial charge on any atom is -0.326 e. The topological polar surface area (TPSA) is 75.0 Å². The van der Waals surface area contributed by atoms with E-state index in [1.165, 1.54) is 12.3 Å². The second-order valence-electron chi connectivity index (χ2n) is 10.7. The summed E-state index contributed by atoms with van der Waals surface area (Å²) in [6, 6.07) is 5.11. The molecule has 0 saturated carbocycles. The van der Waals surface area contributed by atoms with Crippen LogP contribution in [0.3, 0.4) is 0 Å². The minimum absolute atomic E-state index is 0.00264. The van der Waals surface area contributed by atoms with Crippen LogP contribution in [0.2, 0.25) is 0 Å². The Morgan fingerprint density at radius 1 is 0.952 bits per heavy atom. The Kier molecular flexibility index (Phi) is 8.42. The molecule has 13 heteroatoms. The Bertz CT molecular complexity index is 1540. The average molecular weight is 589 g/mol. The van der Waals surface area contributed by atoms with Crippen molar-refractivity contribution in [1.82, 2.24) is 34.3 Å². The van der Waals surface area contributed by atoms with Crippen LogP contribution < -0.4 is 5.32 Å². The highest BCUT2D eigenvalue weighted by atomic mass is 19.4. The van der Waals surface area contributed by atoms with Gasteiger partial charge in [0.15, 0.2) is 11.6 Å². The van der Waals surface area contributed by atoms with Gasteiger partial charge >= 0.3 is 6.18 Å². The zero-order valence-corrected chi connectivity index (χ0v) is 23.9. The summed E-state index contributed by atoms with van der Waals surface area (Å²) in [5, 5.41) is 2.88. The molecule has 1 aliphatic rings. The normalized spacial score (nSPS) is 16.0. The molecule has 3 aromatic heterocycles. The van der Waals surface area contributed by atoms with Crippen LogP contribution >= 0.6 is 0 Å². The molecule has 0 unspecified atom stereocenters. The van der Waals surface area contributed by atoms with Gasteiger partial charge in [-0.1, -0.05) is 13.0 Å². The predicted molar refractivity (Wildman–Crippen MR) is 150 cm³/mol. The number of nitrogens with zero attached hydrogens (tertiary/aromatic N) is 7. The van der Waals surface area contributed by atoms with E-state index in [1.54, 1.807) is 25.1 Å². The fourth-order valence-corrected chi connectivity index (χ4v) is 5.55. The number of rotatable bonds is 8. The molecule has 4 heterocycles. The zero-order valence-electron chi connectivity index (χ0n) is 23.9. The monoisotopic (exact) mass is 588 g/mol. The molecule has 0 bridgehead atoms. The number of aryl methyl sites for hydroxylation is 1. The zero-order chi connectivity index (χ0) is 30.2. The number of pyridine rings is 1. The third kappa shape index (κ3) is 6.36. The quantitative estimate of drug-likeness (QED) is 0.238. The predicted octanol–water partition coefficient (Wildman–Crippen LogP) is 6.43. The molecule has 1 atom stereocenters.